The molecule has 0 radical (unpaired) electrons. The van der Waals surface area contributed by atoms with E-state index in [0.717, 1.165) is 16.8 Å². The first-order chi connectivity index (χ1) is 7.48. The summed E-state index contributed by atoms with van der Waals surface area (Å²) in [6.07, 6.45) is 0. The molecule has 86 valence electrons. The molecule has 4 heteroatoms. The van der Waals surface area contributed by atoms with Crippen LogP contribution in [0.3, 0.4) is 0 Å². The Kier molecular flexibility index (Phi) is 2.50. The first kappa shape index (κ1) is 10.8. The van der Waals surface area contributed by atoms with Crippen LogP contribution in [-0.4, -0.2) is 17.6 Å². The molecule has 0 aliphatic rings. The molecule has 0 aliphatic heterocycles. The van der Waals surface area contributed by atoms with Crippen LogP contribution in [0.25, 0.3) is 11.1 Å². The highest BCUT2D eigenvalue weighted by molar-refractivity contribution is 5.76. The van der Waals surface area contributed by atoms with E-state index in [9.17, 15) is 0 Å². The number of ether oxygens (including phenoxy) is 1. The Bertz CT molecular complexity index is 497. The van der Waals surface area contributed by atoms with Crippen LogP contribution >= 0.6 is 0 Å². The number of nitrogens with one attached hydrogen (secondary N) is 1. The largest absolute Gasteiger partial charge is 0.497 e. The molecule has 2 rings (SSSR count). The molecule has 1 N–H and O–H groups in total. The van der Waals surface area contributed by atoms with Gasteiger partial charge in [-0.15, -0.1) is 0 Å². The number of anilines is 1. The van der Waals surface area contributed by atoms with Crippen molar-refractivity contribution in [2.24, 2.45) is 0 Å². The van der Waals surface area contributed by atoms with Crippen molar-refractivity contribution in [2.75, 3.05) is 12.4 Å². The van der Waals surface area contributed by atoms with Gasteiger partial charge in [0.1, 0.15) is 11.3 Å². The molecule has 0 bridgehead atoms. The third-order valence-corrected chi connectivity index (χ3v) is 2.08. The van der Waals surface area contributed by atoms with Gasteiger partial charge < -0.3 is 14.5 Å². The fourth-order valence-electron chi connectivity index (χ4n) is 1.41. The van der Waals surface area contributed by atoms with Crippen LogP contribution in [-0.2, 0) is 0 Å². The Morgan fingerprint density at radius 3 is 2.69 bits per heavy atom. The molecule has 4 nitrogen and oxygen atoms in total. The lowest BCUT2D eigenvalue weighted by Crippen LogP contribution is -2.26. The zero-order valence-electron chi connectivity index (χ0n) is 10.00. The molecule has 0 unspecified atom stereocenters. The summed E-state index contributed by atoms with van der Waals surface area (Å²) in [5, 5.41) is 3.19. The lowest BCUT2D eigenvalue weighted by Gasteiger charge is -2.18. The van der Waals surface area contributed by atoms with Crippen LogP contribution in [0.2, 0.25) is 0 Å². The van der Waals surface area contributed by atoms with Crippen LogP contribution in [0.4, 0.5) is 6.01 Å². The second-order valence-electron chi connectivity index (χ2n) is 4.73. The van der Waals surface area contributed by atoms with Gasteiger partial charge in [-0.1, -0.05) is 0 Å². The van der Waals surface area contributed by atoms with Gasteiger partial charge in [-0.3, -0.25) is 0 Å². The van der Waals surface area contributed by atoms with Crippen molar-refractivity contribution in [2.45, 2.75) is 26.3 Å². The quantitative estimate of drug-likeness (QED) is 0.845. The number of fused-ring (bicyclic) bond motifs is 1. The number of hydrogen-bond acceptors (Lipinski definition) is 4. The summed E-state index contributed by atoms with van der Waals surface area (Å²) < 4.78 is 10.7. The van der Waals surface area contributed by atoms with Gasteiger partial charge in [0, 0.05) is 11.6 Å². The highest BCUT2D eigenvalue weighted by atomic mass is 16.5. The Labute approximate surface area is 94.6 Å². The van der Waals surface area contributed by atoms with Crippen LogP contribution in [0.15, 0.2) is 22.6 Å². The zero-order chi connectivity index (χ0) is 11.8. The van der Waals surface area contributed by atoms with E-state index in [4.69, 9.17) is 9.15 Å². The Balaban J connectivity index is 2.36. The van der Waals surface area contributed by atoms with Gasteiger partial charge in [0.25, 0.3) is 6.01 Å². The van der Waals surface area contributed by atoms with Crippen LogP contribution < -0.4 is 10.1 Å². The van der Waals surface area contributed by atoms with E-state index in [-0.39, 0.29) is 5.54 Å². The van der Waals surface area contributed by atoms with Crippen molar-refractivity contribution in [3.8, 4) is 5.75 Å². The predicted octanol–water partition coefficient (Wildman–Crippen LogP) is 3.05. The maximum absolute atomic E-state index is 5.58. The molecule has 0 atom stereocenters. The highest BCUT2D eigenvalue weighted by Crippen LogP contribution is 2.24. The molecule has 0 fully saturated rings. The second kappa shape index (κ2) is 3.70. The number of benzene rings is 1. The van der Waals surface area contributed by atoms with Crippen LogP contribution in [0.5, 0.6) is 5.75 Å². The Morgan fingerprint density at radius 1 is 1.31 bits per heavy atom. The normalized spacial score (nSPS) is 11.8. The molecule has 1 aromatic carbocycles. The number of nitrogens with zero attached hydrogens (tertiary/aromatic N) is 1. The number of methoxy groups -OCH3 is 1. The lowest BCUT2D eigenvalue weighted by molar-refractivity contribution is 0.414. The number of rotatable bonds is 2. The Morgan fingerprint density at radius 2 is 2.06 bits per heavy atom. The first-order valence-corrected chi connectivity index (χ1v) is 5.21. The van der Waals surface area contributed by atoms with Gasteiger partial charge in [-0.2, -0.15) is 4.98 Å². The van der Waals surface area contributed by atoms with Crippen molar-refractivity contribution in [1.82, 2.24) is 4.98 Å². The molecule has 2 aromatic rings. The van der Waals surface area contributed by atoms with E-state index >= 15 is 0 Å². The maximum Gasteiger partial charge on any atom is 0.296 e. The minimum absolute atomic E-state index is 0.0645. The molecule has 0 saturated heterocycles. The average molecular weight is 220 g/mol. The van der Waals surface area contributed by atoms with E-state index in [2.05, 4.69) is 31.1 Å². The lowest BCUT2D eigenvalue weighted by atomic mass is 10.1. The molecular weight excluding hydrogens is 204 g/mol. The standard InChI is InChI=1S/C12H16N2O2/c1-12(2,3)14-11-13-9-6-5-8(15-4)7-10(9)16-11/h5-7H,1-4H3,(H,13,14). The van der Waals surface area contributed by atoms with Gasteiger partial charge in [0.15, 0.2) is 5.58 Å². The van der Waals surface area contributed by atoms with E-state index in [1.54, 1.807) is 7.11 Å². The summed E-state index contributed by atoms with van der Waals surface area (Å²) in [7, 11) is 1.63. The summed E-state index contributed by atoms with van der Waals surface area (Å²) in [5.74, 6) is 0.769. The smallest absolute Gasteiger partial charge is 0.296 e. The fourth-order valence-corrected chi connectivity index (χ4v) is 1.41. The van der Waals surface area contributed by atoms with Crippen molar-refractivity contribution >= 4 is 17.1 Å². The van der Waals surface area contributed by atoms with Crippen LogP contribution in [0.1, 0.15) is 20.8 Å². The van der Waals surface area contributed by atoms with E-state index in [1.165, 1.54) is 0 Å². The predicted molar refractivity (Wildman–Crippen MR) is 63.9 cm³/mol. The number of hydrogen-bond donors (Lipinski definition) is 1. The van der Waals surface area contributed by atoms with Gasteiger partial charge in [0.2, 0.25) is 0 Å². The van der Waals surface area contributed by atoms with E-state index in [0.29, 0.717) is 6.01 Å². The summed E-state index contributed by atoms with van der Waals surface area (Å²) >= 11 is 0. The minimum atomic E-state index is -0.0645. The molecule has 16 heavy (non-hydrogen) atoms. The summed E-state index contributed by atoms with van der Waals surface area (Å²) in [5.41, 5.74) is 1.49. The summed E-state index contributed by atoms with van der Waals surface area (Å²) in [6.45, 7) is 6.17. The maximum atomic E-state index is 5.58. The van der Waals surface area contributed by atoms with Gasteiger partial charge in [-0.05, 0) is 32.9 Å². The monoisotopic (exact) mass is 220 g/mol. The molecular formula is C12H16N2O2. The molecule has 1 aromatic heterocycles. The van der Waals surface area contributed by atoms with Crippen molar-refractivity contribution in [1.29, 1.82) is 0 Å². The second-order valence-corrected chi connectivity index (χ2v) is 4.73. The number of oxazole rings is 1. The van der Waals surface area contributed by atoms with Gasteiger partial charge in [0.05, 0.1) is 7.11 Å². The summed E-state index contributed by atoms with van der Waals surface area (Å²) in [4.78, 5) is 4.34. The topological polar surface area (TPSA) is 47.3 Å². The molecule has 0 aliphatic carbocycles. The number of aromatic nitrogens is 1. The Hall–Kier alpha value is -1.71. The van der Waals surface area contributed by atoms with Crippen LogP contribution in [0, 0.1) is 0 Å². The average Bonchev–Trinajstić information content (AvgIpc) is 2.55. The summed E-state index contributed by atoms with van der Waals surface area (Å²) in [6, 6.07) is 6.11. The highest BCUT2D eigenvalue weighted by Gasteiger charge is 2.14. The SMILES string of the molecule is COc1ccc2nc(NC(C)(C)C)oc2c1. The van der Waals surface area contributed by atoms with E-state index in [1.807, 2.05) is 18.2 Å². The van der Waals surface area contributed by atoms with Crippen molar-refractivity contribution in [3.05, 3.63) is 18.2 Å². The van der Waals surface area contributed by atoms with E-state index < -0.39 is 0 Å². The fraction of sp³-hybridized carbons (Fsp3) is 0.417. The molecule has 0 spiro atoms. The third kappa shape index (κ3) is 2.27. The molecule has 0 saturated carbocycles. The van der Waals surface area contributed by atoms with Gasteiger partial charge >= 0.3 is 0 Å². The van der Waals surface area contributed by atoms with Crippen molar-refractivity contribution < 1.29 is 9.15 Å². The minimum Gasteiger partial charge on any atom is -0.497 e. The zero-order valence-corrected chi connectivity index (χ0v) is 10.00. The molecule has 0 amide bonds. The third-order valence-electron chi connectivity index (χ3n) is 2.08. The first-order valence-electron chi connectivity index (χ1n) is 5.21. The van der Waals surface area contributed by atoms with Crippen molar-refractivity contribution in [3.63, 3.8) is 0 Å². The molecule has 1 heterocycles. The van der Waals surface area contributed by atoms with Gasteiger partial charge in [-0.25, -0.2) is 0 Å².